The summed E-state index contributed by atoms with van der Waals surface area (Å²) in [6.45, 7) is 2.86. The van der Waals surface area contributed by atoms with Crippen molar-refractivity contribution in [2.24, 2.45) is 0 Å². The highest BCUT2D eigenvalue weighted by molar-refractivity contribution is 5.71. The van der Waals surface area contributed by atoms with Crippen LogP contribution in [0.2, 0.25) is 0 Å². The highest BCUT2D eigenvalue weighted by atomic mass is 16.5. The molecule has 2 aromatic carbocycles. The first kappa shape index (κ1) is 15.2. The Labute approximate surface area is 145 Å². The molecule has 4 rings (SSSR count). The number of phenols is 1. The predicted octanol–water partition coefficient (Wildman–Crippen LogP) is 4.27. The molecular weight excluding hydrogens is 314 g/mol. The summed E-state index contributed by atoms with van der Waals surface area (Å²) >= 11 is 0. The largest absolute Gasteiger partial charge is 0.507 e. The number of para-hydroxylation sites is 1. The van der Waals surface area contributed by atoms with Crippen molar-refractivity contribution in [3.8, 4) is 28.3 Å². The zero-order chi connectivity index (χ0) is 17.2. The summed E-state index contributed by atoms with van der Waals surface area (Å²) in [6.07, 6.45) is 5.53. The summed E-state index contributed by atoms with van der Waals surface area (Å²) in [6, 6.07) is 15.1. The number of hydrogen-bond acceptors (Lipinski definition) is 4. The molecule has 0 aliphatic heterocycles. The summed E-state index contributed by atoms with van der Waals surface area (Å²) < 4.78 is 7.52. The van der Waals surface area contributed by atoms with Gasteiger partial charge in [0, 0.05) is 36.1 Å². The molecule has 0 aliphatic rings. The molecule has 0 amide bonds. The third-order valence-electron chi connectivity index (χ3n) is 4.23. The highest BCUT2D eigenvalue weighted by Gasteiger charge is 2.12. The van der Waals surface area contributed by atoms with E-state index in [0.29, 0.717) is 17.0 Å². The molecule has 124 valence electrons. The second-order valence-electron chi connectivity index (χ2n) is 5.97. The number of aryl methyl sites for hydroxylation is 1. The average Bonchev–Trinajstić information content (AvgIpc) is 3.29. The second kappa shape index (κ2) is 6.28. The Balaban J connectivity index is 1.62. The lowest BCUT2D eigenvalue weighted by Crippen LogP contribution is -1.98. The zero-order valence-corrected chi connectivity index (χ0v) is 13.8. The van der Waals surface area contributed by atoms with Crippen molar-refractivity contribution in [3.63, 3.8) is 0 Å². The SMILES string of the molecule is Cc1cc(-c2cc(-c3ccccc3O)no2)ccc1Cn1ccnc1. The van der Waals surface area contributed by atoms with Crippen LogP contribution in [0.4, 0.5) is 0 Å². The molecular formula is C20H17N3O2. The van der Waals surface area contributed by atoms with Crippen LogP contribution in [0, 0.1) is 6.92 Å². The molecule has 1 N–H and O–H groups in total. The van der Waals surface area contributed by atoms with E-state index in [2.05, 4.69) is 29.2 Å². The molecule has 5 nitrogen and oxygen atoms in total. The molecule has 5 heteroatoms. The number of rotatable bonds is 4. The van der Waals surface area contributed by atoms with Gasteiger partial charge >= 0.3 is 0 Å². The first-order valence-electron chi connectivity index (χ1n) is 8.01. The van der Waals surface area contributed by atoms with E-state index in [1.165, 1.54) is 11.1 Å². The van der Waals surface area contributed by atoms with Gasteiger partial charge < -0.3 is 14.2 Å². The van der Waals surface area contributed by atoms with Gasteiger partial charge in [-0.1, -0.05) is 29.4 Å². The van der Waals surface area contributed by atoms with Crippen LogP contribution in [0.3, 0.4) is 0 Å². The topological polar surface area (TPSA) is 64.1 Å². The van der Waals surface area contributed by atoms with Crippen LogP contribution >= 0.6 is 0 Å². The van der Waals surface area contributed by atoms with Crippen molar-refractivity contribution < 1.29 is 9.63 Å². The molecule has 0 saturated heterocycles. The van der Waals surface area contributed by atoms with E-state index in [0.717, 1.165) is 12.1 Å². The molecule has 0 radical (unpaired) electrons. The van der Waals surface area contributed by atoms with Crippen molar-refractivity contribution >= 4 is 0 Å². The minimum Gasteiger partial charge on any atom is -0.507 e. The lowest BCUT2D eigenvalue weighted by molar-refractivity contribution is 0.433. The van der Waals surface area contributed by atoms with E-state index in [4.69, 9.17) is 4.52 Å². The molecule has 2 heterocycles. The fraction of sp³-hybridized carbons (Fsp3) is 0.100. The molecule has 0 atom stereocenters. The van der Waals surface area contributed by atoms with Gasteiger partial charge in [0.1, 0.15) is 11.4 Å². The van der Waals surface area contributed by atoms with Gasteiger partial charge in [0.25, 0.3) is 0 Å². The van der Waals surface area contributed by atoms with Gasteiger partial charge in [-0.3, -0.25) is 0 Å². The van der Waals surface area contributed by atoms with Gasteiger partial charge in [0.05, 0.1) is 6.33 Å². The van der Waals surface area contributed by atoms with Crippen LogP contribution < -0.4 is 0 Å². The van der Waals surface area contributed by atoms with Crippen LogP contribution in [-0.2, 0) is 6.54 Å². The van der Waals surface area contributed by atoms with E-state index < -0.39 is 0 Å². The van der Waals surface area contributed by atoms with Crippen molar-refractivity contribution in [3.05, 3.63) is 78.4 Å². The predicted molar refractivity (Wildman–Crippen MR) is 95.1 cm³/mol. The van der Waals surface area contributed by atoms with Gasteiger partial charge in [-0.25, -0.2) is 4.98 Å². The fourth-order valence-corrected chi connectivity index (χ4v) is 2.83. The summed E-state index contributed by atoms with van der Waals surface area (Å²) in [7, 11) is 0. The maximum Gasteiger partial charge on any atom is 0.167 e. The van der Waals surface area contributed by atoms with E-state index in [9.17, 15) is 5.11 Å². The first-order valence-corrected chi connectivity index (χ1v) is 8.01. The van der Waals surface area contributed by atoms with Gasteiger partial charge in [0.2, 0.25) is 0 Å². The third kappa shape index (κ3) is 3.04. The summed E-state index contributed by atoms with van der Waals surface area (Å²) in [4.78, 5) is 4.07. The third-order valence-corrected chi connectivity index (χ3v) is 4.23. The van der Waals surface area contributed by atoms with Crippen LogP contribution in [-0.4, -0.2) is 19.8 Å². The van der Waals surface area contributed by atoms with Gasteiger partial charge in [-0.15, -0.1) is 0 Å². The van der Waals surface area contributed by atoms with Crippen molar-refractivity contribution in [2.75, 3.05) is 0 Å². The van der Waals surface area contributed by atoms with Gasteiger partial charge in [-0.05, 0) is 36.2 Å². The molecule has 0 unspecified atom stereocenters. The molecule has 4 aromatic rings. The zero-order valence-electron chi connectivity index (χ0n) is 13.8. The number of hydrogen-bond donors (Lipinski definition) is 1. The molecule has 0 spiro atoms. The standard InChI is InChI=1S/C20H17N3O2/c1-14-10-15(6-7-16(14)12-23-9-8-21-13-23)20-11-18(22-25-20)17-4-2-3-5-19(17)24/h2-11,13,24H,12H2,1H3. The Morgan fingerprint density at radius 1 is 1.12 bits per heavy atom. The Morgan fingerprint density at radius 3 is 2.76 bits per heavy atom. The number of aromatic nitrogens is 3. The number of benzene rings is 2. The summed E-state index contributed by atoms with van der Waals surface area (Å²) in [5, 5.41) is 14.0. The molecule has 25 heavy (non-hydrogen) atoms. The lowest BCUT2D eigenvalue weighted by Gasteiger charge is -2.08. The maximum atomic E-state index is 9.96. The minimum absolute atomic E-state index is 0.189. The van der Waals surface area contributed by atoms with E-state index in [1.54, 1.807) is 18.3 Å². The van der Waals surface area contributed by atoms with Crippen LogP contribution in [0.25, 0.3) is 22.6 Å². The number of aromatic hydroxyl groups is 1. The van der Waals surface area contributed by atoms with Crippen LogP contribution in [0.1, 0.15) is 11.1 Å². The van der Waals surface area contributed by atoms with Crippen LogP contribution in [0.5, 0.6) is 5.75 Å². The van der Waals surface area contributed by atoms with E-state index >= 15 is 0 Å². The first-order chi connectivity index (χ1) is 12.2. The summed E-state index contributed by atoms with van der Waals surface area (Å²) in [5.41, 5.74) is 4.63. The van der Waals surface area contributed by atoms with Crippen LogP contribution in [0.15, 0.2) is 71.8 Å². The Kier molecular flexibility index (Phi) is 3.82. The number of nitrogens with zero attached hydrogens (tertiary/aromatic N) is 3. The van der Waals surface area contributed by atoms with Crippen molar-refractivity contribution in [2.45, 2.75) is 13.5 Å². The Hall–Kier alpha value is -3.34. The quantitative estimate of drug-likeness (QED) is 0.606. The average molecular weight is 331 g/mol. The van der Waals surface area contributed by atoms with Gasteiger partial charge in [-0.2, -0.15) is 0 Å². The lowest BCUT2D eigenvalue weighted by atomic mass is 10.0. The minimum atomic E-state index is 0.189. The van der Waals surface area contributed by atoms with Crippen molar-refractivity contribution in [1.29, 1.82) is 0 Å². The molecule has 0 bridgehead atoms. The fourth-order valence-electron chi connectivity index (χ4n) is 2.83. The number of phenolic OH excluding ortho intramolecular Hbond substituents is 1. The molecule has 0 aliphatic carbocycles. The Morgan fingerprint density at radius 2 is 2.00 bits per heavy atom. The summed E-state index contributed by atoms with van der Waals surface area (Å²) in [5.74, 6) is 0.866. The smallest absolute Gasteiger partial charge is 0.167 e. The van der Waals surface area contributed by atoms with E-state index in [-0.39, 0.29) is 5.75 Å². The monoisotopic (exact) mass is 331 g/mol. The van der Waals surface area contributed by atoms with Gasteiger partial charge in [0.15, 0.2) is 5.76 Å². The Bertz CT molecular complexity index is 1000. The normalized spacial score (nSPS) is 10.9. The molecule has 0 saturated carbocycles. The maximum absolute atomic E-state index is 9.96. The highest BCUT2D eigenvalue weighted by Crippen LogP contribution is 2.31. The van der Waals surface area contributed by atoms with Crippen molar-refractivity contribution in [1.82, 2.24) is 14.7 Å². The molecule has 2 aromatic heterocycles. The molecule has 0 fully saturated rings. The van der Waals surface area contributed by atoms with E-state index in [1.807, 2.05) is 41.4 Å². The number of imidazole rings is 1. The second-order valence-corrected chi connectivity index (χ2v) is 5.97.